The van der Waals surface area contributed by atoms with Gasteiger partial charge < -0.3 is 14.6 Å². The second kappa shape index (κ2) is 12.4. The molecule has 2 aromatic heterocycles. The van der Waals surface area contributed by atoms with Gasteiger partial charge in [0, 0.05) is 51.0 Å². The Balaban J connectivity index is 1.13. The summed E-state index contributed by atoms with van der Waals surface area (Å²) in [5.74, 6) is 3.22. The predicted octanol–water partition coefficient (Wildman–Crippen LogP) is 4.90. The van der Waals surface area contributed by atoms with Crippen molar-refractivity contribution in [1.82, 2.24) is 20.2 Å². The van der Waals surface area contributed by atoms with E-state index in [9.17, 15) is 4.79 Å². The molecule has 5 rings (SSSR count). The van der Waals surface area contributed by atoms with Gasteiger partial charge in [-0.15, -0.1) is 0 Å². The Morgan fingerprint density at radius 3 is 2.68 bits per heavy atom. The fourth-order valence-electron chi connectivity index (χ4n) is 4.29. The van der Waals surface area contributed by atoms with Gasteiger partial charge >= 0.3 is 0 Å². The van der Waals surface area contributed by atoms with Gasteiger partial charge in [-0.1, -0.05) is 61.2 Å². The van der Waals surface area contributed by atoms with E-state index in [0.29, 0.717) is 17.4 Å². The Kier molecular flexibility index (Phi) is 8.58. The van der Waals surface area contributed by atoms with E-state index in [0.717, 1.165) is 68.1 Å². The number of nitrogens with zero attached hydrogens (tertiary/aromatic N) is 4. The summed E-state index contributed by atoms with van der Waals surface area (Å²) in [6.45, 7) is 7.72. The van der Waals surface area contributed by atoms with Crippen LogP contribution in [0.15, 0.2) is 64.2 Å². The number of carbonyl (C=O) groups excluding carboxylic acids is 1. The molecule has 3 aromatic rings. The number of nitrogens with one attached hydrogen (secondary N) is 1. The van der Waals surface area contributed by atoms with Gasteiger partial charge in [-0.2, -0.15) is 0 Å². The van der Waals surface area contributed by atoms with E-state index in [-0.39, 0.29) is 5.91 Å². The fourth-order valence-corrected chi connectivity index (χ4v) is 5.05. The molecule has 8 heteroatoms. The third-order valence-electron chi connectivity index (χ3n) is 6.75. The number of amides is 1. The molecule has 1 aliphatic carbocycles. The van der Waals surface area contributed by atoms with Gasteiger partial charge in [0.05, 0.1) is 5.75 Å². The van der Waals surface area contributed by atoms with Crippen molar-refractivity contribution in [1.29, 1.82) is 0 Å². The molecular weight excluding hydrogens is 482 g/mol. The summed E-state index contributed by atoms with van der Waals surface area (Å²) in [5.41, 5.74) is 2.28. The van der Waals surface area contributed by atoms with Crippen LogP contribution in [0.25, 0.3) is 6.08 Å². The first-order valence-corrected chi connectivity index (χ1v) is 14.2. The molecule has 1 aromatic carbocycles. The lowest BCUT2D eigenvalue weighted by molar-refractivity contribution is 0.0922. The lowest BCUT2D eigenvalue weighted by Gasteiger charge is -2.35. The second-order valence-corrected chi connectivity index (χ2v) is 10.6. The maximum absolute atomic E-state index is 12.3. The van der Waals surface area contributed by atoms with E-state index in [4.69, 9.17) is 14.4 Å². The zero-order valence-electron chi connectivity index (χ0n) is 21.4. The summed E-state index contributed by atoms with van der Waals surface area (Å²) in [4.78, 5) is 26.7. The van der Waals surface area contributed by atoms with E-state index in [2.05, 4.69) is 64.5 Å². The Bertz CT molecular complexity index is 1200. The highest BCUT2D eigenvalue weighted by atomic mass is 32.2. The van der Waals surface area contributed by atoms with Crippen LogP contribution in [0.5, 0.6) is 0 Å². The van der Waals surface area contributed by atoms with Gasteiger partial charge in [-0.3, -0.25) is 9.69 Å². The Hall–Kier alpha value is -3.10. The summed E-state index contributed by atoms with van der Waals surface area (Å²) >= 11 is 1.55. The minimum atomic E-state index is -0.135. The van der Waals surface area contributed by atoms with Crippen molar-refractivity contribution in [2.75, 3.05) is 44.2 Å². The van der Waals surface area contributed by atoms with Crippen LogP contribution < -0.4 is 10.2 Å². The van der Waals surface area contributed by atoms with Crippen LogP contribution in [0, 0.1) is 5.92 Å². The van der Waals surface area contributed by atoms with Gasteiger partial charge in [0.15, 0.2) is 10.9 Å². The normalized spacial score (nSPS) is 16.4. The minimum absolute atomic E-state index is 0.135. The summed E-state index contributed by atoms with van der Waals surface area (Å²) in [6.07, 6.45) is 7.72. The Morgan fingerprint density at radius 2 is 1.92 bits per heavy atom. The first-order valence-electron chi connectivity index (χ1n) is 13.2. The van der Waals surface area contributed by atoms with Crippen molar-refractivity contribution < 1.29 is 9.21 Å². The standard InChI is InChI=1S/C29H35N5O2S/c1-2-24-19-27(34-17-15-33(16-18-34)14-6-9-22-7-4-3-5-8-22)32-29(31-24)37-21-25-12-13-26(36-25)28(35)30-20-23-10-11-23/h3-9,12-13,19,23H,2,10-11,14-18,20-21H2,1H3,(H,30,35)/b9-6+. The fraction of sp³-hybridized carbons (Fsp3) is 0.414. The molecule has 194 valence electrons. The maximum atomic E-state index is 12.3. The quantitative estimate of drug-likeness (QED) is 0.286. The van der Waals surface area contributed by atoms with Crippen molar-refractivity contribution in [3.63, 3.8) is 0 Å². The number of hydrogen-bond acceptors (Lipinski definition) is 7. The van der Waals surface area contributed by atoms with Crippen molar-refractivity contribution in [2.45, 2.75) is 37.1 Å². The average molecular weight is 518 g/mol. The molecule has 0 unspecified atom stereocenters. The summed E-state index contributed by atoms with van der Waals surface area (Å²) in [5, 5.41) is 3.70. The van der Waals surface area contributed by atoms with Gasteiger partial charge in [0.1, 0.15) is 11.6 Å². The molecule has 3 heterocycles. The summed E-state index contributed by atoms with van der Waals surface area (Å²) < 4.78 is 5.79. The number of piperazine rings is 1. The molecule has 1 amide bonds. The number of carbonyl (C=O) groups is 1. The number of furan rings is 1. The van der Waals surface area contributed by atoms with Crippen molar-refractivity contribution >= 4 is 29.6 Å². The van der Waals surface area contributed by atoms with Crippen LogP contribution in [-0.4, -0.2) is 60.0 Å². The summed E-state index contributed by atoms with van der Waals surface area (Å²) in [6, 6.07) is 16.2. The van der Waals surface area contributed by atoms with Gasteiger partial charge in [-0.05, 0) is 42.9 Å². The highest BCUT2D eigenvalue weighted by molar-refractivity contribution is 7.98. The SMILES string of the molecule is CCc1cc(N2CCN(C/C=C/c3ccccc3)CC2)nc(SCc2ccc(C(=O)NCC3CC3)o2)n1. The third-order valence-corrected chi connectivity index (χ3v) is 7.62. The van der Waals surface area contributed by atoms with Crippen molar-refractivity contribution in [3.05, 3.63) is 77.4 Å². The van der Waals surface area contributed by atoms with Crippen molar-refractivity contribution in [3.8, 4) is 0 Å². The smallest absolute Gasteiger partial charge is 0.287 e. The topological polar surface area (TPSA) is 74.5 Å². The highest BCUT2D eigenvalue weighted by Gasteiger charge is 2.23. The number of thioether (sulfide) groups is 1. The average Bonchev–Trinajstić information content (AvgIpc) is 3.65. The number of anilines is 1. The zero-order valence-corrected chi connectivity index (χ0v) is 22.3. The van der Waals surface area contributed by atoms with Gasteiger partial charge in [0.2, 0.25) is 0 Å². The highest BCUT2D eigenvalue weighted by Crippen LogP contribution is 2.28. The van der Waals surface area contributed by atoms with Crippen LogP contribution in [-0.2, 0) is 12.2 Å². The maximum Gasteiger partial charge on any atom is 0.287 e. The van der Waals surface area contributed by atoms with Crippen LogP contribution in [0.3, 0.4) is 0 Å². The molecule has 1 N–H and O–H groups in total. The molecule has 0 bridgehead atoms. The monoisotopic (exact) mass is 517 g/mol. The molecule has 0 spiro atoms. The molecule has 7 nitrogen and oxygen atoms in total. The van der Waals surface area contributed by atoms with E-state index in [1.54, 1.807) is 17.8 Å². The molecule has 2 aliphatic rings. The van der Waals surface area contributed by atoms with Gasteiger partial charge in [0.25, 0.3) is 5.91 Å². The van der Waals surface area contributed by atoms with E-state index in [1.807, 2.05) is 12.1 Å². The van der Waals surface area contributed by atoms with Crippen LogP contribution >= 0.6 is 11.8 Å². The van der Waals surface area contributed by atoms with E-state index < -0.39 is 0 Å². The Labute approximate surface area is 223 Å². The first kappa shape index (κ1) is 25.5. The predicted molar refractivity (Wildman–Crippen MR) is 149 cm³/mol. The molecule has 37 heavy (non-hydrogen) atoms. The molecule has 1 aliphatic heterocycles. The third kappa shape index (κ3) is 7.46. The van der Waals surface area contributed by atoms with E-state index in [1.165, 1.54) is 18.4 Å². The largest absolute Gasteiger partial charge is 0.455 e. The molecule has 0 atom stereocenters. The lowest BCUT2D eigenvalue weighted by Crippen LogP contribution is -2.46. The number of aromatic nitrogens is 2. The molecule has 2 fully saturated rings. The Morgan fingerprint density at radius 1 is 1.11 bits per heavy atom. The molecule has 1 saturated carbocycles. The first-order chi connectivity index (χ1) is 18.2. The minimum Gasteiger partial charge on any atom is -0.455 e. The molecule has 0 radical (unpaired) electrons. The second-order valence-electron chi connectivity index (χ2n) is 9.66. The van der Waals surface area contributed by atoms with Crippen molar-refractivity contribution in [2.24, 2.45) is 5.92 Å². The number of benzene rings is 1. The molecule has 1 saturated heterocycles. The van der Waals surface area contributed by atoms with Crippen LogP contribution in [0.2, 0.25) is 0 Å². The van der Waals surface area contributed by atoms with Crippen LogP contribution in [0.4, 0.5) is 5.82 Å². The van der Waals surface area contributed by atoms with Crippen LogP contribution in [0.1, 0.15) is 47.3 Å². The number of aryl methyl sites for hydroxylation is 1. The summed E-state index contributed by atoms with van der Waals surface area (Å²) in [7, 11) is 0. The lowest BCUT2D eigenvalue weighted by atomic mass is 10.2. The number of hydrogen-bond donors (Lipinski definition) is 1. The number of rotatable bonds is 11. The van der Waals surface area contributed by atoms with E-state index >= 15 is 0 Å². The van der Waals surface area contributed by atoms with Gasteiger partial charge in [-0.25, -0.2) is 9.97 Å². The molecular formula is C29H35N5O2S. The zero-order chi connectivity index (χ0) is 25.5.